The molecular formula is C19H40IN5. The minimum atomic E-state index is 0. The quantitative estimate of drug-likeness (QED) is 0.360. The van der Waals surface area contributed by atoms with E-state index in [4.69, 9.17) is 0 Å². The summed E-state index contributed by atoms with van der Waals surface area (Å²) in [5, 5.41) is 7.16. The van der Waals surface area contributed by atoms with Crippen molar-refractivity contribution in [3.05, 3.63) is 0 Å². The highest BCUT2D eigenvalue weighted by Gasteiger charge is 2.20. The van der Waals surface area contributed by atoms with E-state index in [9.17, 15) is 0 Å². The van der Waals surface area contributed by atoms with E-state index in [0.29, 0.717) is 12.0 Å². The molecule has 0 bridgehead atoms. The lowest BCUT2D eigenvalue weighted by Gasteiger charge is -2.35. The van der Waals surface area contributed by atoms with Crippen molar-refractivity contribution in [1.82, 2.24) is 20.4 Å². The fourth-order valence-electron chi connectivity index (χ4n) is 3.86. The normalized spacial score (nSPS) is 27.4. The van der Waals surface area contributed by atoms with Crippen LogP contribution >= 0.6 is 24.0 Å². The van der Waals surface area contributed by atoms with Gasteiger partial charge in [0.1, 0.15) is 0 Å². The fraction of sp³-hybridized carbons (Fsp3) is 0.947. The number of aliphatic imine (C=N–C) groups is 1. The average molecular weight is 465 g/mol. The Kier molecular flexibility index (Phi) is 11.3. The van der Waals surface area contributed by atoms with Gasteiger partial charge in [-0.1, -0.05) is 20.8 Å². The highest BCUT2D eigenvalue weighted by molar-refractivity contribution is 14.0. The molecule has 2 rings (SSSR count). The molecule has 0 amide bonds. The first-order valence-electron chi connectivity index (χ1n) is 10.0. The minimum Gasteiger partial charge on any atom is -0.356 e. The van der Waals surface area contributed by atoms with Crippen LogP contribution in [0.3, 0.4) is 0 Å². The summed E-state index contributed by atoms with van der Waals surface area (Å²) in [6, 6.07) is 0.602. The van der Waals surface area contributed by atoms with Crippen molar-refractivity contribution in [1.29, 1.82) is 0 Å². The highest BCUT2D eigenvalue weighted by Crippen LogP contribution is 2.23. The molecule has 0 radical (unpaired) electrons. The first kappa shape index (κ1) is 23.0. The number of nitrogens with one attached hydrogen (secondary N) is 2. The standard InChI is InChI=1S/C19H39N5.HI/c1-5-23-10-12-24(13-11-23)15-17(3)14-21-19(20-4)22-18-8-6-16(2)7-9-18;/h16-18H,5-15H2,1-4H3,(H2,20,21,22);1H. The third-order valence-electron chi connectivity index (χ3n) is 5.68. The molecule has 2 N–H and O–H groups in total. The zero-order chi connectivity index (χ0) is 17.4. The van der Waals surface area contributed by atoms with Gasteiger partial charge in [-0.3, -0.25) is 4.99 Å². The summed E-state index contributed by atoms with van der Waals surface area (Å²) in [7, 11) is 1.88. The lowest BCUT2D eigenvalue weighted by atomic mass is 9.87. The van der Waals surface area contributed by atoms with Crippen LogP contribution in [0.15, 0.2) is 4.99 Å². The van der Waals surface area contributed by atoms with E-state index in [2.05, 4.69) is 46.2 Å². The molecule has 1 saturated carbocycles. The number of piperazine rings is 1. The van der Waals surface area contributed by atoms with Crippen LogP contribution in [-0.2, 0) is 0 Å². The van der Waals surface area contributed by atoms with Crippen LogP contribution in [0.2, 0.25) is 0 Å². The van der Waals surface area contributed by atoms with Gasteiger partial charge in [0.05, 0.1) is 0 Å². The van der Waals surface area contributed by atoms with Gasteiger partial charge in [-0.15, -0.1) is 24.0 Å². The number of halogens is 1. The molecule has 1 saturated heterocycles. The zero-order valence-electron chi connectivity index (χ0n) is 16.8. The summed E-state index contributed by atoms with van der Waals surface area (Å²) in [4.78, 5) is 9.56. The average Bonchev–Trinajstić information content (AvgIpc) is 2.61. The van der Waals surface area contributed by atoms with Crippen molar-refractivity contribution in [2.45, 2.75) is 52.5 Å². The number of likely N-dealkylation sites (N-methyl/N-ethyl adjacent to an activating group) is 1. The Morgan fingerprint density at radius 2 is 1.68 bits per heavy atom. The van der Waals surface area contributed by atoms with Gasteiger partial charge < -0.3 is 20.4 Å². The fourth-order valence-corrected chi connectivity index (χ4v) is 3.86. The van der Waals surface area contributed by atoms with Crippen LogP contribution in [0.4, 0.5) is 0 Å². The third-order valence-corrected chi connectivity index (χ3v) is 5.68. The second-order valence-corrected chi connectivity index (χ2v) is 7.89. The maximum absolute atomic E-state index is 4.42. The van der Waals surface area contributed by atoms with Gasteiger partial charge in [-0.2, -0.15) is 0 Å². The summed E-state index contributed by atoms with van der Waals surface area (Å²) in [5.41, 5.74) is 0. The minimum absolute atomic E-state index is 0. The monoisotopic (exact) mass is 465 g/mol. The molecule has 6 heteroatoms. The van der Waals surface area contributed by atoms with Crippen LogP contribution in [0.5, 0.6) is 0 Å². The molecule has 148 valence electrons. The second kappa shape index (κ2) is 12.3. The first-order chi connectivity index (χ1) is 11.6. The van der Waals surface area contributed by atoms with Gasteiger partial charge in [0.25, 0.3) is 0 Å². The molecule has 1 heterocycles. The molecule has 1 aliphatic carbocycles. The van der Waals surface area contributed by atoms with E-state index in [1.807, 2.05) is 7.05 Å². The number of nitrogens with zero attached hydrogens (tertiary/aromatic N) is 3. The molecule has 1 unspecified atom stereocenters. The maximum atomic E-state index is 4.42. The largest absolute Gasteiger partial charge is 0.356 e. The first-order valence-corrected chi connectivity index (χ1v) is 10.0. The molecule has 1 atom stereocenters. The summed E-state index contributed by atoms with van der Waals surface area (Å²) in [6.07, 6.45) is 5.24. The van der Waals surface area contributed by atoms with Crippen molar-refractivity contribution < 1.29 is 0 Å². The Balaban J connectivity index is 0.00000312. The van der Waals surface area contributed by atoms with Crippen LogP contribution < -0.4 is 10.6 Å². The van der Waals surface area contributed by atoms with E-state index in [1.165, 1.54) is 65.0 Å². The van der Waals surface area contributed by atoms with Gasteiger partial charge in [0.2, 0.25) is 0 Å². The second-order valence-electron chi connectivity index (χ2n) is 7.89. The maximum Gasteiger partial charge on any atom is 0.191 e. The van der Waals surface area contributed by atoms with Crippen LogP contribution in [0, 0.1) is 11.8 Å². The molecule has 0 aromatic heterocycles. The van der Waals surface area contributed by atoms with E-state index in [0.717, 1.165) is 18.4 Å². The Morgan fingerprint density at radius 3 is 2.24 bits per heavy atom. The summed E-state index contributed by atoms with van der Waals surface area (Å²) >= 11 is 0. The SMILES string of the molecule is CCN1CCN(CC(C)CNC(=NC)NC2CCC(C)CC2)CC1.I. The van der Waals surface area contributed by atoms with Crippen molar-refractivity contribution in [2.75, 3.05) is 52.9 Å². The molecule has 0 spiro atoms. The van der Waals surface area contributed by atoms with E-state index in [-0.39, 0.29) is 24.0 Å². The van der Waals surface area contributed by atoms with Crippen LogP contribution in [-0.4, -0.2) is 74.7 Å². The topological polar surface area (TPSA) is 42.9 Å². The smallest absolute Gasteiger partial charge is 0.191 e. The third kappa shape index (κ3) is 8.43. The van der Waals surface area contributed by atoms with Gasteiger partial charge in [-0.25, -0.2) is 0 Å². The number of guanidine groups is 1. The molecule has 0 aromatic carbocycles. The Hall–Kier alpha value is -0.0800. The van der Waals surface area contributed by atoms with Crippen molar-refractivity contribution in [2.24, 2.45) is 16.8 Å². The number of hydrogen-bond acceptors (Lipinski definition) is 3. The molecule has 5 nitrogen and oxygen atoms in total. The van der Waals surface area contributed by atoms with Gasteiger partial charge in [-0.05, 0) is 44.1 Å². The lowest BCUT2D eigenvalue weighted by molar-refractivity contribution is 0.124. The molecular weight excluding hydrogens is 425 g/mol. The van der Waals surface area contributed by atoms with Gasteiger partial charge in [0, 0.05) is 52.4 Å². The Morgan fingerprint density at radius 1 is 1.08 bits per heavy atom. The summed E-state index contributed by atoms with van der Waals surface area (Å²) in [6.45, 7) is 15.2. The predicted octanol–water partition coefficient (Wildman–Crippen LogP) is 2.62. The zero-order valence-corrected chi connectivity index (χ0v) is 19.1. The predicted molar refractivity (Wildman–Crippen MR) is 119 cm³/mol. The van der Waals surface area contributed by atoms with Crippen LogP contribution in [0.25, 0.3) is 0 Å². The van der Waals surface area contributed by atoms with Crippen molar-refractivity contribution in [3.8, 4) is 0 Å². The van der Waals surface area contributed by atoms with Crippen LogP contribution in [0.1, 0.15) is 46.5 Å². The molecule has 25 heavy (non-hydrogen) atoms. The Bertz CT molecular complexity index is 374. The van der Waals surface area contributed by atoms with E-state index < -0.39 is 0 Å². The number of rotatable bonds is 6. The van der Waals surface area contributed by atoms with E-state index >= 15 is 0 Å². The Labute approximate surface area is 172 Å². The van der Waals surface area contributed by atoms with Gasteiger partial charge in [0.15, 0.2) is 5.96 Å². The summed E-state index contributed by atoms with van der Waals surface area (Å²) in [5.74, 6) is 2.52. The molecule has 0 aromatic rings. The van der Waals surface area contributed by atoms with Crippen molar-refractivity contribution in [3.63, 3.8) is 0 Å². The van der Waals surface area contributed by atoms with Gasteiger partial charge >= 0.3 is 0 Å². The van der Waals surface area contributed by atoms with E-state index in [1.54, 1.807) is 0 Å². The molecule has 2 aliphatic rings. The lowest BCUT2D eigenvalue weighted by Crippen LogP contribution is -2.49. The number of hydrogen-bond donors (Lipinski definition) is 2. The van der Waals surface area contributed by atoms with Crippen molar-refractivity contribution >= 4 is 29.9 Å². The molecule has 1 aliphatic heterocycles. The summed E-state index contributed by atoms with van der Waals surface area (Å²) < 4.78 is 0. The molecule has 2 fully saturated rings. The highest BCUT2D eigenvalue weighted by atomic mass is 127.